The molecule has 3 rings (SSSR count). The molecule has 1 aromatic carbocycles. The molecule has 0 fully saturated rings. The maximum Gasteiger partial charge on any atom is 0.268 e. The van der Waals surface area contributed by atoms with E-state index in [4.69, 9.17) is 10.2 Å². The van der Waals surface area contributed by atoms with Crippen LogP contribution in [0.25, 0.3) is 22.6 Å². The summed E-state index contributed by atoms with van der Waals surface area (Å²) < 4.78 is 5.64. The van der Waals surface area contributed by atoms with Gasteiger partial charge in [0.2, 0.25) is 11.8 Å². The highest BCUT2D eigenvalue weighted by atomic mass is 16.4. The molecule has 0 atom stereocenters. The summed E-state index contributed by atoms with van der Waals surface area (Å²) in [6.45, 7) is 2.09. The van der Waals surface area contributed by atoms with Gasteiger partial charge >= 0.3 is 0 Å². The van der Waals surface area contributed by atoms with Crippen LogP contribution in [0.1, 0.15) is 36.8 Å². The molecule has 0 radical (unpaired) electrons. The number of aromatic amines is 1. The summed E-state index contributed by atoms with van der Waals surface area (Å²) in [5, 5.41) is 26.8. The molecule has 0 aliphatic heterocycles. The van der Waals surface area contributed by atoms with Crippen LogP contribution in [0, 0.1) is 22.7 Å². The largest absolute Gasteiger partial charge is 0.421 e. The fourth-order valence-corrected chi connectivity index (χ4v) is 2.71. The van der Waals surface area contributed by atoms with E-state index in [9.17, 15) is 15.3 Å². The molecular weight excluding hydrogens is 344 g/mol. The first-order valence-electron chi connectivity index (χ1n) is 8.38. The fraction of sp³-hybridized carbons (Fsp3) is 0.211. The molecule has 0 aliphatic rings. The summed E-state index contributed by atoms with van der Waals surface area (Å²) in [6.07, 6.45) is 2.73. The molecule has 0 bridgehead atoms. The van der Waals surface area contributed by atoms with Gasteiger partial charge in [0.25, 0.3) is 5.56 Å². The minimum atomic E-state index is -0.634. The Morgan fingerprint density at radius 1 is 1.11 bits per heavy atom. The van der Waals surface area contributed by atoms with Crippen molar-refractivity contribution < 1.29 is 4.42 Å². The second-order valence-corrected chi connectivity index (χ2v) is 5.90. The highest BCUT2D eigenvalue weighted by Gasteiger charge is 2.18. The third kappa shape index (κ3) is 3.42. The maximum atomic E-state index is 12.0. The Bertz CT molecular complexity index is 1110. The molecule has 3 N–H and O–H groups in total. The number of nitrogens with one attached hydrogen (secondary N) is 1. The monoisotopic (exact) mass is 360 g/mol. The van der Waals surface area contributed by atoms with E-state index in [2.05, 4.69) is 22.1 Å². The highest BCUT2D eigenvalue weighted by Crippen LogP contribution is 2.30. The lowest BCUT2D eigenvalue weighted by molar-refractivity contribution is 0.496. The lowest BCUT2D eigenvalue weighted by Gasteiger charge is -2.09. The highest BCUT2D eigenvalue weighted by molar-refractivity contribution is 5.80. The summed E-state index contributed by atoms with van der Waals surface area (Å²) >= 11 is 0. The van der Waals surface area contributed by atoms with Crippen molar-refractivity contribution in [1.82, 2.24) is 15.2 Å². The van der Waals surface area contributed by atoms with Crippen LogP contribution in [0.15, 0.2) is 33.5 Å². The molecule has 134 valence electrons. The number of nitrogens with two attached hydrogens (primary N) is 1. The Hall–Kier alpha value is -3.91. The predicted molar refractivity (Wildman–Crippen MR) is 98.2 cm³/mol. The van der Waals surface area contributed by atoms with Crippen molar-refractivity contribution in [3.8, 4) is 34.7 Å². The molecule has 0 unspecified atom stereocenters. The molecule has 0 spiro atoms. The normalized spacial score (nSPS) is 10.3. The standard InChI is InChI=1S/C19H16N6O2/c1-2-3-4-15-24-25-19(27-15)12-7-5-11(6-8-12)16-13(9-20)17(22)23-18(26)14(16)10-21/h5-8H,2-4H2,1H3,(H3,22,23,26). The summed E-state index contributed by atoms with van der Waals surface area (Å²) in [5.41, 5.74) is 6.43. The van der Waals surface area contributed by atoms with Crippen LogP contribution in [-0.4, -0.2) is 15.2 Å². The number of aryl methyl sites for hydroxylation is 1. The number of hydrogen-bond donors (Lipinski definition) is 2. The van der Waals surface area contributed by atoms with Crippen molar-refractivity contribution in [1.29, 1.82) is 10.5 Å². The number of benzene rings is 1. The SMILES string of the molecule is CCCCc1nnc(-c2ccc(-c3c(C#N)c(N)[nH]c(=O)c3C#N)cc2)o1. The van der Waals surface area contributed by atoms with E-state index in [0.29, 0.717) is 22.9 Å². The van der Waals surface area contributed by atoms with Gasteiger partial charge in [0.15, 0.2) is 0 Å². The second kappa shape index (κ2) is 7.54. The number of aromatic nitrogens is 3. The number of nitrogens with zero attached hydrogens (tertiary/aromatic N) is 4. The van der Waals surface area contributed by atoms with E-state index < -0.39 is 5.56 Å². The van der Waals surface area contributed by atoms with Crippen LogP contribution in [-0.2, 0) is 6.42 Å². The van der Waals surface area contributed by atoms with Gasteiger partial charge in [-0.05, 0) is 24.1 Å². The summed E-state index contributed by atoms with van der Waals surface area (Å²) in [6, 6.07) is 10.6. The van der Waals surface area contributed by atoms with E-state index in [1.165, 1.54) is 0 Å². The maximum absolute atomic E-state index is 12.0. The van der Waals surface area contributed by atoms with Crippen LogP contribution in [0.4, 0.5) is 5.82 Å². The molecule has 3 aromatic rings. The number of unbranched alkanes of at least 4 members (excludes halogenated alkanes) is 1. The number of rotatable bonds is 5. The third-order valence-corrected chi connectivity index (χ3v) is 4.10. The molecule has 0 aliphatic carbocycles. The first kappa shape index (κ1) is 17.9. The number of hydrogen-bond acceptors (Lipinski definition) is 7. The zero-order chi connectivity index (χ0) is 19.4. The van der Waals surface area contributed by atoms with Crippen LogP contribution in [0.2, 0.25) is 0 Å². The van der Waals surface area contributed by atoms with E-state index >= 15 is 0 Å². The fourth-order valence-electron chi connectivity index (χ4n) is 2.71. The van der Waals surface area contributed by atoms with Crippen LogP contribution in [0.5, 0.6) is 0 Å². The Labute approximate surface area is 154 Å². The van der Waals surface area contributed by atoms with Crippen molar-refractivity contribution in [3.63, 3.8) is 0 Å². The first-order valence-corrected chi connectivity index (χ1v) is 8.38. The van der Waals surface area contributed by atoms with E-state index in [0.717, 1.165) is 19.3 Å². The lowest BCUT2D eigenvalue weighted by Crippen LogP contribution is -2.16. The third-order valence-electron chi connectivity index (χ3n) is 4.10. The quantitative estimate of drug-likeness (QED) is 0.711. The average molecular weight is 360 g/mol. The van der Waals surface area contributed by atoms with Crippen molar-refractivity contribution >= 4 is 5.82 Å². The van der Waals surface area contributed by atoms with Gasteiger partial charge in [-0.15, -0.1) is 10.2 Å². The molecule has 0 amide bonds. The predicted octanol–water partition coefficient (Wildman–Crippen LogP) is 2.76. The Kier molecular flexibility index (Phi) is 5.00. The minimum absolute atomic E-state index is 0.0542. The second-order valence-electron chi connectivity index (χ2n) is 5.90. The molecule has 0 saturated carbocycles. The molecule has 27 heavy (non-hydrogen) atoms. The van der Waals surface area contributed by atoms with Gasteiger partial charge in [-0.1, -0.05) is 25.5 Å². The Balaban J connectivity index is 2.02. The van der Waals surface area contributed by atoms with Gasteiger partial charge in [0.1, 0.15) is 29.1 Å². The van der Waals surface area contributed by atoms with Gasteiger partial charge in [-0.2, -0.15) is 10.5 Å². The van der Waals surface area contributed by atoms with Crippen LogP contribution < -0.4 is 11.3 Å². The number of H-pyrrole nitrogens is 1. The van der Waals surface area contributed by atoms with E-state index in [1.807, 2.05) is 12.1 Å². The summed E-state index contributed by atoms with van der Waals surface area (Å²) in [7, 11) is 0. The summed E-state index contributed by atoms with van der Waals surface area (Å²) in [4.78, 5) is 14.3. The lowest BCUT2D eigenvalue weighted by atomic mass is 9.96. The first-order chi connectivity index (χ1) is 13.1. The van der Waals surface area contributed by atoms with Crippen molar-refractivity contribution in [2.24, 2.45) is 0 Å². The van der Waals surface area contributed by atoms with Gasteiger partial charge < -0.3 is 15.1 Å². The number of nitriles is 2. The zero-order valence-corrected chi connectivity index (χ0v) is 14.6. The van der Waals surface area contributed by atoms with E-state index in [-0.39, 0.29) is 22.5 Å². The van der Waals surface area contributed by atoms with Gasteiger partial charge in [0, 0.05) is 17.5 Å². The summed E-state index contributed by atoms with van der Waals surface area (Å²) in [5.74, 6) is 0.897. The molecular formula is C19H16N6O2. The average Bonchev–Trinajstić information content (AvgIpc) is 3.15. The van der Waals surface area contributed by atoms with Crippen molar-refractivity contribution in [2.75, 3.05) is 5.73 Å². The molecule has 2 aromatic heterocycles. The Morgan fingerprint density at radius 3 is 2.41 bits per heavy atom. The zero-order valence-electron chi connectivity index (χ0n) is 14.6. The number of pyridine rings is 1. The molecule has 0 saturated heterocycles. The Morgan fingerprint density at radius 2 is 1.78 bits per heavy atom. The smallest absolute Gasteiger partial charge is 0.268 e. The van der Waals surface area contributed by atoms with Gasteiger partial charge in [-0.3, -0.25) is 4.79 Å². The van der Waals surface area contributed by atoms with Gasteiger partial charge in [-0.25, -0.2) is 0 Å². The number of nitrogen functional groups attached to an aromatic ring is 1. The number of anilines is 1. The topological polar surface area (TPSA) is 145 Å². The molecule has 8 nitrogen and oxygen atoms in total. The van der Waals surface area contributed by atoms with Crippen molar-refractivity contribution in [3.05, 3.63) is 51.6 Å². The van der Waals surface area contributed by atoms with Crippen LogP contribution >= 0.6 is 0 Å². The van der Waals surface area contributed by atoms with Gasteiger partial charge in [0.05, 0.1) is 0 Å². The molecule has 2 heterocycles. The van der Waals surface area contributed by atoms with Crippen molar-refractivity contribution in [2.45, 2.75) is 26.2 Å². The van der Waals surface area contributed by atoms with E-state index in [1.54, 1.807) is 24.3 Å². The van der Waals surface area contributed by atoms with Crippen LogP contribution in [0.3, 0.4) is 0 Å². The minimum Gasteiger partial charge on any atom is -0.421 e. The molecule has 8 heteroatoms.